The summed E-state index contributed by atoms with van der Waals surface area (Å²) in [6.45, 7) is 6.75. The van der Waals surface area contributed by atoms with Gasteiger partial charge < -0.3 is 10.2 Å². The highest BCUT2D eigenvalue weighted by atomic mass is 15.1. The van der Waals surface area contributed by atoms with Crippen molar-refractivity contribution < 1.29 is 0 Å². The molecule has 0 aliphatic carbocycles. The number of piperidine rings is 1. The average molecular weight is 219 g/mol. The first kappa shape index (κ1) is 11.4. The minimum absolute atomic E-state index is 0.583. The molecule has 3 nitrogen and oxygen atoms in total. The van der Waals surface area contributed by atoms with Gasteiger partial charge in [0.1, 0.15) is 0 Å². The van der Waals surface area contributed by atoms with Crippen molar-refractivity contribution in [1.29, 1.82) is 0 Å². The Morgan fingerprint density at radius 2 is 2.25 bits per heavy atom. The van der Waals surface area contributed by atoms with Crippen LogP contribution >= 0.6 is 0 Å². The van der Waals surface area contributed by atoms with E-state index in [0.29, 0.717) is 12.0 Å². The number of aromatic nitrogens is 1. The van der Waals surface area contributed by atoms with E-state index in [0.717, 1.165) is 5.69 Å². The van der Waals surface area contributed by atoms with Crippen molar-refractivity contribution in [2.24, 2.45) is 5.92 Å². The Labute approximate surface area is 97.9 Å². The second kappa shape index (κ2) is 4.83. The molecule has 16 heavy (non-hydrogen) atoms. The standard InChI is InChI=1S/C13H21N3/c1-10-6-12(8-14-7-10)15-13-4-5-16(3)9-11(13)2/h6-8,11,13,15H,4-5,9H2,1-3H3. The molecule has 0 bridgehead atoms. The topological polar surface area (TPSA) is 28.2 Å². The lowest BCUT2D eigenvalue weighted by Gasteiger charge is -2.35. The quantitative estimate of drug-likeness (QED) is 0.826. The van der Waals surface area contributed by atoms with Crippen LogP contribution in [0.1, 0.15) is 18.9 Å². The summed E-state index contributed by atoms with van der Waals surface area (Å²) in [7, 11) is 2.20. The molecule has 2 rings (SSSR count). The first-order chi connectivity index (χ1) is 7.65. The third kappa shape index (κ3) is 2.73. The highest BCUT2D eigenvalue weighted by Crippen LogP contribution is 2.20. The van der Waals surface area contributed by atoms with Gasteiger partial charge in [-0.15, -0.1) is 0 Å². The summed E-state index contributed by atoms with van der Waals surface area (Å²) in [6.07, 6.45) is 5.02. The van der Waals surface area contributed by atoms with Crippen molar-refractivity contribution >= 4 is 5.69 Å². The Bertz CT molecular complexity index is 351. The molecule has 0 spiro atoms. The maximum atomic E-state index is 4.22. The number of likely N-dealkylation sites (tertiary alicyclic amines) is 1. The Balaban J connectivity index is 1.99. The molecule has 1 aliphatic heterocycles. The van der Waals surface area contributed by atoms with Gasteiger partial charge in [-0.2, -0.15) is 0 Å². The molecule has 88 valence electrons. The van der Waals surface area contributed by atoms with Crippen LogP contribution in [-0.4, -0.2) is 36.1 Å². The summed E-state index contributed by atoms with van der Waals surface area (Å²) in [6, 6.07) is 2.75. The van der Waals surface area contributed by atoms with E-state index < -0.39 is 0 Å². The van der Waals surface area contributed by atoms with Crippen LogP contribution in [-0.2, 0) is 0 Å². The van der Waals surface area contributed by atoms with Gasteiger partial charge in [-0.3, -0.25) is 4.98 Å². The molecule has 0 radical (unpaired) electrons. The second-order valence-electron chi connectivity index (χ2n) is 5.03. The molecule has 1 N–H and O–H groups in total. The molecule has 1 aromatic heterocycles. The van der Waals surface area contributed by atoms with E-state index in [1.165, 1.54) is 25.1 Å². The zero-order chi connectivity index (χ0) is 11.5. The summed E-state index contributed by atoms with van der Waals surface area (Å²) in [5.41, 5.74) is 2.37. The fourth-order valence-electron chi connectivity index (χ4n) is 2.42. The zero-order valence-electron chi connectivity index (χ0n) is 10.4. The van der Waals surface area contributed by atoms with E-state index >= 15 is 0 Å². The van der Waals surface area contributed by atoms with Crippen LogP contribution in [0.15, 0.2) is 18.5 Å². The van der Waals surface area contributed by atoms with Gasteiger partial charge in [0.15, 0.2) is 0 Å². The van der Waals surface area contributed by atoms with Gasteiger partial charge in [-0.1, -0.05) is 6.92 Å². The van der Waals surface area contributed by atoms with Crippen molar-refractivity contribution in [3.63, 3.8) is 0 Å². The van der Waals surface area contributed by atoms with Crippen LogP contribution in [0, 0.1) is 12.8 Å². The second-order valence-corrected chi connectivity index (χ2v) is 5.03. The van der Waals surface area contributed by atoms with Gasteiger partial charge in [0, 0.05) is 25.0 Å². The van der Waals surface area contributed by atoms with Crippen LogP contribution in [0.3, 0.4) is 0 Å². The Hall–Kier alpha value is -1.09. The number of rotatable bonds is 2. The first-order valence-electron chi connectivity index (χ1n) is 6.02. The summed E-state index contributed by atoms with van der Waals surface area (Å²) in [5, 5.41) is 3.60. The summed E-state index contributed by atoms with van der Waals surface area (Å²) in [5.74, 6) is 0.694. The van der Waals surface area contributed by atoms with Crippen molar-refractivity contribution in [3.05, 3.63) is 24.0 Å². The normalized spacial score (nSPS) is 26.7. The lowest BCUT2D eigenvalue weighted by atomic mass is 9.94. The van der Waals surface area contributed by atoms with E-state index in [2.05, 4.69) is 42.2 Å². The van der Waals surface area contributed by atoms with Crippen LogP contribution in [0.5, 0.6) is 0 Å². The molecule has 1 aliphatic rings. The fraction of sp³-hybridized carbons (Fsp3) is 0.615. The summed E-state index contributed by atoms with van der Waals surface area (Å²) < 4.78 is 0. The number of nitrogens with zero attached hydrogens (tertiary/aromatic N) is 2. The first-order valence-corrected chi connectivity index (χ1v) is 6.02. The van der Waals surface area contributed by atoms with Crippen LogP contribution in [0.2, 0.25) is 0 Å². The molecule has 1 fully saturated rings. The molecular weight excluding hydrogens is 198 g/mol. The van der Waals surface area contributed by atoms with Crippen LogP contribution in [0.4, 0.5) is 5.69 Å². The monoisotopic (exact) mass is 219 g/mol. The van der Waals surface area contributed by atoms with Crippen LogP contribution in [0.25, 0.3) is 0 Å². The molecule has 2 unspecified atom stereocenters. The van der Waals surface area contributed by atoms with Crippen molar-refractivity contribution in [2.75, 3.05) is 25.5 Å². The van der Waals surface area contributed by atoms with E-state index in [9.17, 15) is 0 Å². The molecule has 0 aromatic carbocycles. The molecule has 2 atom stereocenters. The molecule has 1 aromatic rings. The molecule has 0 saturated carbocycles. The molecular formula is C13H21N3. The van der Waals surface area contributed by atoms with E-state index in [1.807, 2.05) is 12.4 Å². The zero-order valence-corrected chi connectivity index (χ0v) is 10.4. The minimum Gasteiger partial charge on any atom is -0.381 e. The van der Waals surface area contributed by atoms with Gasteiger partial charge in [0.2, 0.25) is 0 Å². The Morgan fingerprint density at radius 1 is 1.44 bits per heavy atom. The number of hydrogen-bond donors (Lipinski definition) is 1. The number of pyridine rings is 1. The smallest absolute Gasteiger partial charge is 0.0531 e. The lowest BCUT2D eigenvalue weighted by Crippen LogP contribution is -2.43. The minimum atomic E-state index is 0.583. The van der Waals surface area contributed by atoms with Gasteiger partial charge in [-0.05, 0) is 44.5 Å². The largest absolute Gasteiger partial charge is 0.381 e. The molecule has 3 heteroatoms. The maximum Gasteiger partial charge on any atom is 0.0531 e. The van der Waals surface area contributed by atoms with Crippen molar-refractivity contribution in [2.45, 2.75) is 26.3 Å². The fourth-order valence-corrected chi connectivity index (χ4v) is 2.42. The van der Waals surface area contributed by atoms with Gasteiger partial charge in [-0.25, -0.2) is 0 Å². The number of anilines is 1. The predicted octanol–water partition coefficient (Wildman–Crippen LogP) is 2.14. The van der Waals surface area contributed by atoms with E-state index in [4.69, 9.17) is 0 Å². The van der Waals surface area contributed by atoms with Gasteiger partial charge >= 0.3 is 0 Å². The maximum absolute atomic E-state index is 4.22. The number of hydrogen-bond acceptors (Lipinski definition) is 3. The molecule has 0 amide bonds. The number of aryl methyl sites for hydroxylation is 1. The Kier molecular flexibility index (Phi) is 3.44. The predicted molar refractivity (Wildman–Crippen MR) is 67.7 cm³/mol. The molecule has 1 saturated heterocycles. The molecule has 2 heterocycles. The SMILES string of the molecule is Cc1cncc(NC2CCN(C)CC2C)c1. The summed E-state index contributed by atoms with van der Waals surface area (Å²) in [4.78, 5) is 6.62. The van der Waals surface area contributed by atoms with Gasteiger partial charge in [0.25, 0.3) is 0 Å². The highest BCUT2D eigenvalue weighted by Gasteiger charge is 2.23. The summed E-state index contributed by atoms with van der Waals surface area (Å²) >= 11 is 0. The van der Waals surface area contributed by atoms with Crippen molar-refractivity contribution in [3.8, 4) is 0 Å². The third-order valence-corrected chi connectivity index (χ3v) is 3.34. The lowest BCUT2D eigenvalue weighted by molar-refractivity contribution is 0.206. The van der Waals surface area contributed by atoms with E-state index in [1.54, 1.807) is 0 Å². The number of nitrogens with one attached hydrogen (secondary N) is 1. The van der Waals surface area contributed by atoms with Crippen LogP contribution < -0.4 is 5.32 Å². The average Bonchev–Trinajstić information content (AvgIpc) is 2.22. The van der Waals surface area contributed by atoms with Crippen molar-refractivity contribution in [1.82, 2.24) is 9.88 Å². The third-order valence-electron chi connectivity index (χ3n) is 3.34. The van der Waals surface area contributed by atoms with Gasteiger partial charge in [0.05, 0.1) is 5.69 Å². The van der Waals surface area contributed by atoms with E-state index in [-0.39, 0.29) is 0 Å². The highest BCUT2D eigenvalue weighted by molar-refractivity contribution is 5.43. The Morgan fingerprint density at radius 3 is 2.94 bits per heavy atom.